The fourth-order valence-electron chi connectivity index (χ4n) is 3.21. The van der Waals surface area contributed by atoms with Crippen LogP contribution in [-0.2, 0) is 6.42 Å². The molecule has 0 spiro atoms. The normalized spacial score (nSPS) is 15.9. The Bertz CT molecular complexity index is 456. The van der Waals surface area contributed by atoms with Crippen molar-refractivity contribution in [2.24, 2.45) is 5.73 Å². The molecule has 0 radical (unpaired) electrons. The van der Waals surface area contributed by atoms with E-state index in [1.807, 2.05) is 29.2 Å². The Morgan fingerprint density at radius 2 is 1.95 bits per heavy atom. The van der Waals surface area contributed by atoms with Gasteiger partial charge in [0.05, 0.1) is 6.61 Å². The summed E-state index contributed by atoms with van der Waals surface area (Å²) in [6.45, 7) is 0.968. The zero-order valence-corrected chi connectivity index (χ0v) is 12.6. The van der Waals surface area contributed by atoms with E-state index in [1.165, 1.54) is 19.3 Å². The number of hydrogen-bond donors (Lipinski definition) is 2. The molecule has 0 atom stereocenters. The molecule has 1 amide bonds. The van der Waals surface area contributed by atoms with Crippen LogP contribution in [0.25, 0.3) is 0 Å². The number of aliphatic hydroxyl groups excluding tert-OH is 1. The number of aliphatic hydroxyl groups is 1. The van der Waals surface area contributed by atoms with Crippen LogP contribution in [0.4, 0.5) is 0 Å². The van der Waals surface area contributed by atoms with Crippen LogP contribution < -0.4 is 5.73 Å². The quantitative estimate of drug-likeness (QED) is 0.841. The van der Waals surface area contributed by atoms with Crippen LogP contribution in [0.5, 0.6) is 0 Å². The van der Waals surface area contributed by atoms with Crippen LogP contribution in [0.3, 0.4) is 0 Å². The minimum Gasteiger partial charge on any atom is -0.395 e. The van der Waals surface area contributed by atoms with Crippen molar-refractivity contribution in [2.45, 2.75) is 44.6 Å². The molecule has 0 saturated heterocycles. The predicted molar refractivity (Wildman–Crippen MR) is 84.2 cm³/mol. The van der Waals surface area contributed by atoms with Gasteiger partial charge in [0.1, 0.15) is 0 Å². The summed E-state index contributed by atoms with van der Waals surface area (Å²) >= 11 is 0. The number of nitrogens with zero attached hydrogens (tertiary/aromatic N) is 1. The maximum absolute atomic E-state index is 12.9. The molecule has 0 unspecified atom stereocenters. The number of benzene rings is 1. The van der Waals surface area contributed by atoms with Crippen molar-refractivity contribution in [3.63, 3.8) is 0 Å². The highest BCUT2D eigenvalue weighted by Gasteiger charge is 2.26. The van der Waals surface area contributed by atoms with E-state index in [-0.39, 0.29) is 18.6 Å². The number of hydrogen-bond acceptors (Lipinski definition) is 3. The fourth-order valence-corrected chi connectivity index (χ4v) is 3.21. The minimum absolute atomic E-state index is 0.0152. The van der Waals surface area contributed by atoms with Crippen molar-refractivity contribution in [3.05, 3.63) is 35.4 Å². The van der Waals surface area contributed by atoms with Crippen molar-refractivity contribution in [1.82, 2.24) is 4.90 Å². The van der Waals surface area contributed by atoms with E-state index < -0.39 is 0 Å². The highest BCUT2D eigenvalue weighted by atomic mass is 16.3. The van der Waals surface area contributed by atoms with Crippen molar-refractivity contribution in [2.75, 3.05) is 19.7 Å². The van der Waals surface area contributed by atoms with Gasteiger partial charge < -0.3 is 15.7 Å². The summed E-state index contributed by atoms with van der Waals surface area (Å²) in [5.74, 6) is 0.0417. The first-order valence-electron chi connectivity index (χ1n) is 7.97. The van der Waals surface area contributed by atoms with Crippen LogP contribution in [0.15, 0.2) is 24.3 Å². The van der Waals surface area contributed by atoms with Crippen molar-refractivity contribution in [3.8, 4) is 0 Å². The molecule has 1 aromatic rings. The van der Waals surface area contributed by atoms with E-state index in [1.54, 1.807) is 0 Å². The number of nitrogens with two attached hydrogens (primary N) is 1. The molecule has 1 aromatic carbocycles. The zero-order valence-electron chi connectivity index (χ0n) is 12.6. The summed E-state index contributed by atoms with van der Waals surface area (Å²) in [5, 5.41) is 9.32. The molecule has 0 aromatic heterocycles. The Kier molecular flexibility index (Phi) is 6.21. The van der Waals surface area contributed by atoms with Crippen molar-refractivity contribution < 1.29 is 9.90 Å². The van der Waals surface area contributed by atoms with Crippen LogP contribution >= 0.6 is 0 Å². The summed E-state index contributed by atoms with van der Waals surface area (Å²) < 4.78 is 0. The summed E-state index contributed by atoms with van der Waals surface area (Å²) in [7, 11) is 0. The third-order valence-corrected chi connectivity index (χ3v) is 4.28. The zero-order chi connectivity index (χ0) is 15.1. The molecule has 2 rings (SSSR count). The number of carbonyl (C=O) groups is 1. The first kappa shape index (κ1) is 16.0. The molecular formula is C17H26N2O2. The fraction of sp³-hybridized carbons (Fsp3) is 0.588. The van der Waals surface area contributed by atoms with Gasteiger partial charge in [-0.25, -0.2) is 0 Å². The van der Waals surface area contributed by atoms with Crippen LogP contribution in [0, 0.1) is 0 Å². The van der Waals surface area contributed by atoms with Crippen LogP contribution in [0.1, 0.15) is 48.0 Å². The molecule has 0 bridgehead atoms. The molecule has 1 aliphatic rings. The maximum Gasteiger partial charge on any atom is 0.254 e. The van der Waals surface area contributed by atoms with Gasteiger partial charge in [0, 0.05) is 18.2 Å². The summed E-state index contributed by atoms with van der Waals surface area (Å²) in [5.41, 5.74) is 7.38. The maximum atomic E-state index is 12.9. The van der Waals surface area contributed by atoms with E-state index >= 15 is 0 Å². The van der Waals surface area contributed by atoms with Gasteiger partial charge in [0.15, 0.2) is 0 Å². The Morgan fingerprint density at radius 1 is 1.24 bits per heavy atom. The molecule has 1 aliphatic carbocycles. The van der Waals surface area contributed by atoms with Gasteiger partial charge in [-0.3, -0.25) is 4.79 Å². The van der Waals surface area contributed by atoms with E-state index in [0.717, 1.165) is 24.0 Å². The molecule has 1 saturated carbocycles. The van der Waals surface area contributed by atoms with Gasteiger partial charge in [-0.1, -0.05) is 37.5 Å². The smallest absolute Gasteiger partial charge is 0.254 e. The Morgan fingerprint density at radius 3 is 2.62 bits per heavy atom. The number of rotatable bonds is 6. The molecule has 0 aliphatic heterocycles. The average Bonchev–Trinajstić information content (AvgIpc) is 2.54. The molecule has 3 N–H and O–H groups in total. The Balaban J connectivity index is 2.21. The standard InChI is InChI=1S/C17H26N2O2/c18-11-10-14-6-4-5-9-16(14)17(21)19(12-13-20)15-7-2-1-3-8-15/h4-6,9,15,20H,1-3,7-8,10-13,18H2. The van der Waals surface area contributed by atoms with Gasteiger partial charge in [0.25, 0.3) is 5.91 Å². The number of amides is 1. The molecule has 4 nitrogen and oxygen atoms in total. The summed E-state index contributed by atoms with van der Waals surface area (Å²) in [4.78, 5) is 14.8. The highest BCUT2D eigenvalue weighted by Crippen LogP contribution is 2.24. The number of carbonyl (C=O) groups excluding carboxylic acids is 1. The molecular weight excluding hydrogens is 264 g/mol. The van der Waals surface area contributed by atoms with E-state index in [0.29, 0.717) is 19.5 Å². The average molecular weight is 290 g/mol. The van der Waals surface area contributed by atoms with Gasteiger partial charge in [-0.05, 0) is 37.4 Å². The van der Waals surface area contributed by atoms with E-state index in [4.69, 9.17) is 5.73 Å². The van der Waals surface area contributed by atoms with Crippen molar-refractivity contribution in [1.29, 1.82) is 0 Å². The first-order chi connectivity index (χ1) is 10.3. The minimum atomic E-state index is 0.0152. The highest BCUT2D eigenvalue weighted by molar-refractivity contribution is 5.96. The van der Waals surface area contributed by atoms with Crippen LogP contribution in [-0.4, -0.2) is 41.7 Å². The monoisotopic (exact) mass is 290 g/mol. The lowest BCUT2D eigenvalue weighted by Gasteiger charge is -2.34. The Hall–Kier alpha value is -1.39. The molecule has 116 valence electrons. The molecule has 4 heteroatoms. The third kappa shape index (κ3) is 4.05. The summed E-state index contributed by atoms with van der Waals surface area (Å²) in [6.07, 6.45) is 6.39. The molecule has 0 heterocycles. The Labute approximate surface area is 126 Å². The first-order valence-corrected chi connectivity index (χ1v) is 7.97. The van der Waals surface area contributed by atoms with Gasteiger partial charge in [-0.15, -0.1) is 0 Å². The van der Waals surface area contributed by atoms with Gasteiger partial charge in [-0.2, -0.15) is 0 Å². The SMILES string of the molecule is NCCc1ccccc1C(=O)N(CCO)C1CCCCC1. The lowest BCUT2D eigenvalue weighted by Crippen LogP contribution is -2.43. The molecule has 21 heavy (non-hydrogen) atoms. The second-order valence-electron chi connectivity index (χ2n) is 5.71. The van der Waals surface area contributed by atoms with E-state index in [9.17, 15) is 9.90 Å². The lowest BCUT2D eigenvalue weighted by molar-refractivity contribution is 0.0584. The second kappa shape index (κ2) is 8.15. The van der Waals surface area contributed by atoms with Crippen molar-refractivity contribution >= 4 is 5.91 Å². The van der Waals surface area contributed by atoms with Gasteiger partial charge in [0.2, 0.25) is 0 Å². The predicted octanol–water partition coefficient (Wildman–Crippen LogP) is 1.95. The molecule has 1 fully saturated rings. The third-order valence-electron chi connectivity index (χ3n) is 4.28. The summed E-state index contributed by atoms with van der Waals surface area (Å²) in [6, 6.07) is 7.95. The lowest BCUT2D eigenvalue weighted by atomic mass is 9.93. The largest absolute Gasteiger partial charge is 0.395 e. The van der Waals surface area contributed by atoms with Gasteiger partial charge >= 0.3 is 0 Å². The second-order valence-corrected chi connectivity index (χ2v) is 5.71. The van der Waals surface area contributed by atoms with Crippen LogP contribution in [0.2, 0.25) is 0 Å². The topological polar surface area (TPSA) is 66.6 Å². The van der Waals surface area contributed by atoms with E-state index in [2.05, 4.69) is 0 Å².